The Morgan fingerprint density at radius 1 is 1.13 bits per heavy atom. The van der Waals surface area contributed by atoms with E-state index in [1.807, 2.05) is 20.9 Å². The highest BCUT2D eigenvalue weighted by Gasteiger charge is 2.28. The lowest BCUT2D eigenvalue weighted by molar-refractivity contribution is 0.222. The van der Waals surface area contributed by atoms with Crippen LogP contribution in [0.1, 0.15) is 24.6 Å². The number of nitrogens with one attached hydrogen (secondary N) is 1. The standard InChI is InChI=1S/C21H28N6O3S/c1-5-6-17-18-19(26(4)24-17)21(28)23-20(22-18)16-13-15(8-7-14(16)2)31(29,30)27-11-9-25(3)10-12-27/h7-8,13H,5-6,9-12H2,1-4H3,(H,22,23,28). The highest BCUT2D eigenvalue weighted by atomic mass is 32.2. The number of hydrogen-bond acceptors (Lipinski definition) is 6. The Bertz CT molecular complexity index is 1290. The smallest absolute Gasteiger partial charge is 0.277 e. The Morgan fingerprint density at radius 2 is 1.84 bits per heavy atom. The average Bonchev–Trinajstić information content (AvgIpc) is 3.04. The van der Waals surface area contributed by atoms with Crippen molar-refractivity contribution < 1.29 is 8.42 Å². The molecule has 0 spiro atoms. The minimum atomic E-state index is -3.63. The molecular weight excluding hydrogens is 416 g/mol. The summed E-state index contributed by atoms with van der Waals surface area (Å²) in [5.74, 6) is 0.357. The summed E-state index contributed by atoms with van der Waals surface area (Å²) in [5.41, 5.74) is 2.90. The van der Waals surface area contributed by atoms with Crippen molar-refractivity contribution in [2.45, 2.75) is 31.6 Å². The number of aromatic amines is 1. The number of benzene rings is 1. The number of fused-ring (bicyclic) bond motifs is 1. The van der Waals surface area contributed by atoms with Crippen LogP contribution in [0.2, 0.25) is 0 Å². The van der Waals surface area contributed by atoms with Crippen LogP contribution in [-0.4, -0.2) is 70.6 Å². The van der Waals surface area contributed by atoms with Gasteiger partial charge in [0.05, 0.1) is 10.6 Å². The monoisotopic (exact) mass is 444 g/mol. The summed E-state index contributed by atoms with van der Waals surface area (Å²) < 4.78 is 29.5. The molecule has 1 aliphatic rings. The fraction of sp³-hybridized carbons (Fsp3) is 0.476. The van der Waals surface area contributed by atoms with Gasteiger partial charge in [-0.3, -0.25) is 9.48 Å². The maximum Gasteiger partial charge on any atom is 0.277 e. The van der Waals surface area contributed by atoms with Crippen molar-refractivity contribution >= 4 is 21.1 Å². The summed E-state index contributed by atoms with van der Waals surface area (Å²) in [5, 5.41) is 4.45. The topological polar surface area (TPSA) is 104 Å². The van der Waals surface area contributed by atoms with Crippen molar-refractivity contribution in [2.24, 2.45) is 7.05 Å². The van der Waals surface area contributed by atoms with Gasteiger partial charge >= 0.3 is 0 Å². The van der Waals surface area contributed by atoms with Gasteiger partial charge in [-0.05, 0) is 38.1 Å². The molecule has 1 aromatic carbocycles. The maximum atomic E-state index is 13.2. The number of hydrogen-bond donors (Lipinski definition) is 1. The molecule has 1 N–H and O–H groups in total. The number of aromatic nitrogens is 4. The molecule has 9 nitrogen and oxygen atoms in total. The van der Waals surface area contributed by atoms with Crippen molar-refractivity contribution in [3.05, 3.63) is 39.8 Å². The number of rotatable bonds is 5. The van der Waals surface area contributed by atoms with Gasteiger partial charge in [0.15, 0.2) is 5.52 Å². The molecular formula is C21H28N6O3S. The van der Waals surface area contributed by atoms with Crippen LogP contribution in [0.5, 0.6) is 0 Å². The molecule has 1 aliphatic heterocycles. The van der Waals surface area contributed by atoms with Crippen molar-refractivity contribution in [1.82, 2.24) is 29.0 Å². The molecule has 1 fully saturated rings. The molecule has 4 rings (SSSR count). The van der Waals surface area contributed by atoms with Crippen LogP contribution < -0.4 is 5.56 Å². The molecule has 2 aromatic heterocycles. The largest absolute Gasteiger partial charge is 0.305 e. The molecule has 10 heteroatoms. The lowest BCUT2D eigenvalue weighted by Crippen LogP contribution is -2.47. The molecule has 1 saturated heterocycles. The Balaban J connectivity index is 1.81. The Hall–Kier alpha value is -2.56. The van der Waals surface area contributed by atoms with Crippen LogP contribution in [0.15, 0.2) is 27.9 Å². The lowest BCUT2D eigenvalue weighted by Gasteiger charge is -2.31. The number of H-pyrrole nitrogens is 1. The van der Waals surface area contributed by atoms with Gasteiger partial charge in [-0.15, -0.1) is 0 Å². The van der Waals surface area contributed by atoms with Gasteiger partial charge in [-0.1, -0.05) is 19.4 Å². The Kier molecular flexibility index (Phi) is 5.71. The SMILES string of the molecule is CCCc1nn(C)c2c(=O)[nH]c(-c3cc(S(=O)(=O)N4CCN(C)CC4)ccc3C)nc12. The van der Waals surface area contributed by atoms with Gasteiger partial charge in [-0.25, -0.2) is 13.4 Å². The van der Waals surface area contributed by atoms with E-state index in [1.165, 1.54) is 4.31 Å². The summed E-state index contributed by atoms with van der Waals surface area (Å²) in [6.45, 7) is 6.24. The zero-order chi connectivity index (χ0) is 22.3. The quantitative estimate of drug-likeness (QED) is 0.640. The van der Waals surface area contributed by atoms with Crippen LogP contribution in [0, 0.1) is 6.92 Å². The first kappa shape index (κ1) is 21.7. The van der Waals surface area contributed by atoms with Crippen molar-refractivity contribution in [3.8, 4) is 11.4 Å². The summed E-state index contributed by atoms with van der Waals surface area (Å²) in [6, 6.07) is 5.00. The van der Waals surface area contributed by atoms with E-state index in [4.69, 9.17) is 4.98 Å². The van der Waals surface area contributed by atoms with Gasteiger partial charge in [0, 0.05) is 38.8 Å². The Morgan fingerprint density at radius 3 is 2.52 bits per heavy atom. The van der Waals surface area contributed by atoms with Crippen LogP contribution in [0.4, 0.5) is 0 Å². The van der Waals surface area contributed by atoms with E-state index >= 15 is 0 Å². The predicted octanol–water partition coefficient (Wildman–Crippen LogP) is 1.52. The molecule has 31 heavy (non-hydrogen) atoms. The van der Waals surface area contributed by atoms with E-state index < -0.39 is 10.0 Å². The van der Waals surface area contributed by atoms with E-state index in [1.54, 1.807) is 29.9 Å². The van der Waals surface area contributed by atoms with Crippen LogP contribution >= 0.6 is 0 Å². The predicted molar refractivity (Wildman–Crippen MR) is 120 cm³/mol. The minimum Gasteiger partial charge on any atom is -0.305 e. The fourth-order valence-corrected chi connectivity index (χ4v) is 5.42. The Labute approximate surface area is 181 Å². The molecule has 3 aromatic rings. The van der Waals surface area contributed by atoms with Gasteiger partial charge < -0.3 is 9.88 Å². The third kappa shape index (κ3) is 3.90. The second-order valence-corrected chi connectivity index (χ2v) is 10.1. The summed E-state index contributed by atoms with van der Waals surface area (Å²) in [4.78, 5) is 22.6. The molecule has 0 amide bonds. The van der Waals surface area contributed by atoms with Crippen molar-refractivity contribution in [3.63, 3.8) is 0 Å². The second kappa shape index (κ2) is 8.18. The molecule has 0 aliphatic carbocycles. The average molecular weight is 445 g/mol. The summed E-state index contributed by atoms with van der Waals surface area (Å²) >= 11 is 0. The van der Waals surface area contributed by atoms with E-state index in [0.717, 1.165) is 17.7 Å². The number of aryl methyl sites for hydroxylation is 3. The third-order valence-electron chi connectivity index (χ3n) is 5.81. The first-order chi connectivity index (χ1) is 14.7. The highest BCUT2D eigenvalue weighted by molar-refractivity contribution is 7.89. The van der Waals surface area contributed by atoms with Gasteiger partial charge in [0.25, 0.3) is 5.56 Å². The van der Waals surface area contributed by atoms with Crippen LogP contribution in [0.25, 0.3) is 22.4 Å². The molecule has 166 valence electrons. The number of likely N-dealkylation sites (N-methyl/N-ethyl adjacent to an activating group) is 1. The van der Waals surface area contributed by atoms with E-state index in [0.29, 0.717) is 55.0 Å². The summed E-state index contributed by atoms with van der Waals surface area (Å²) in [7, 11) is 0.0846. The van der Waals surface area contributed by atoms with Gasteiger partial charge in [-0.2, -0.15) is 9.40 Å². The normalized spacial score (nSPS) is 16.3. The number of sulfonamides is 1. The summed E-state index contributed by atoms with van der Waals surface area (Å²) in [6.07, 6.45) is 1.59. The lowest BCUT2D eigenvalue weighted by atomic mass is 10.1. The maximum absolute atomic E-state index is 13.2. The van der Waals surface area contributed by atoms with E-state index in [-0.39, 0.29) is 10.5 Å². The number of piperazine rings is 1. The van der Waals surface area contributed by atoms with E-state index in [2.05, 4.69) is 15.0 Å². The molecule has 0 atom stereocenters. The van der Waals surface area contributed by atoms with Crippen LogP contribution in [0.3, 0.4) is 0 Å². The van der Waals surface area contributed by atoms with Crippen molar-refractivity contribution in [2.75, 3.05) is 33.2 Å². The van der Waals surface area contributed by atoms with Gasteiger partial charge in [0.1, 0.15) is 11.3 Å². The number of nitrogens with zero attached hydrogens (tertiary/aromatic N) is 5. The minimum absolute atomic E-state index is 0.209. The zero-order valence-corrected chi connectivity index (χ0v) is 19.2. The zero-order valence-electron chi connectivity index (χ0n) is 18.3. The van der Waals surface area contributed by atoms with Crippen molar-refractivity contribution in [1.29, 1.82) is 0 Å². The first-order valence-corrected chi connectivity index (χ1v) is 11.9. The molecule has 0 saturated carbocycles. The third-order valence-corrected chi connectivity index (χ3v) is 7.71. The molecule has 3 heterocycles. The highest BCUT2D eigenvalue weighted by Crippen LogP contribution is 2.27. The first-order valence-electron chi connectivity index (χ1n) is 10.5. The van der Waals surface area contributed by atoms with Crippen LogP contribution in [-0.2, 0) is 23.5 Å². The van der Waals surface area contributed by atoms with Gasteiger partial charge in [0.2, 0.25) is 10.0 Å². The second-order valence-electron chi connectivity index (χ2n) is 8.12. The fourth-order valence-electron chi connectivity index (χ4n) is 3.97. The molecule has 0 unspecified atom stereocenters. The molecule has 0 bridgehead atoms. The van der Waals surface area contributed by atoms with E-state index in [9.17, 15) is 13.2 Å². The molecule has 0 radical (unpaired) electrons.